The quantitative estimate of drug-likeness (QED) is 0.583. The number of aliphatic imine (C=N–C) groups is 1. The molecule has 138 valence electrons. The van der Waals surface area contributed by atoms with E-state index in [1.807, 2.05) is 24.3 Å². The lowest BCUT2D eigenvalue weighted by Crippen LogP contribution is -2.45. The van der Waals surface area contributed by atoms with Gasteiger partial charge in [0, 0.05) is 26.2 Å². The molecule has 1 aliphatic rings. The molecule has 25 heavy (non-hydrogen) atoms. The predicted octanol–water partition coefficient (Wildman–Crippen LogP) is 1.79. The first kappa shape index (κ1) is 19.1. The molecule has 1 saturated heterocycles. The number of carbonyl (C=O) groups excluding carboxylic acids is 1. The number of amides is 1. The average molecular weight is 346 g/mol. The standard InChI is InChI=1S/C19H30N4O2/c1-3-21-19(23-12-9-15(2)10-13-23)22-11-8-16-4-6-17(7-5-16)25-14-18(20)24/h4-7,15H,3,8-14H2,1-2H3,(H2,20,24)(H,21,22). The molecule has 1 aromatic rings. The molecule has 0 unspecified atom stereocenters. The van der Waals surface area contributed by atoms with Crippen LogP contribution in [0.4, 0.5) is 0 Å². The lowest BCUT2D eigenvalue weighted by atomic mass is 10.00. The average Bonchev–Trinajstić information content (AvgIpc) is 2.61. The van der Waals surface area contributed by atoms with Gasteiger partial charge >= 0.3 is 0 Å². The van der Waals surface area contributed by atoms with Crippen LogP contribution in [0.5, 0.6) is 5.75 Å². The molecule has 1 aromatic carbocycles. The zero-order valence-electron chi connectivity index (χ0n) is 15.3. The van der Waals surface area contributed by atoms with Crippen LogP contribution in [0, 0.1) is 5.92 Å². The van der Waals surface area contributed by atoms with E-state index in [0.29, 0.717) is 5.75 Å². The summed E-state index contributed by atoms with van der Waals surface area (Å²) >= 11 is 0. The fourth-order valence-electron chi connectivity index (χ4n) is 2.84. The van der Waals surface area contributed by atoms with Gasteiger partial charge in [0.25, 0.3) is 5.91 Å². The number of guanidine groups is 1. The highest BCUT2D eigenvalue weighted by Crippen LogP contribution is 2.16. The molecule has 0 saturated carbocycles. The van der Waals surface area contributed by atoms with Gasteiger partial charge in [-0.2, -0.15) is 0 Å². The van der Waals surface area contributed by atoms with Gasteiger partial charge in [-0.3, -0.25) is 9.79 Å². The van der Waals surface area contributed by atoms with Crippen LogP contribution in [-0.4, -0.2) is 49.6 Å². The van der Waals surface area contributed by atoms with Crippen LogP contribution in [0.15, 0.2) is 29.3 Å². The Hall–Kier alpha value is -2.24. The zero-order valence-corrected chi connectivity index (χ0v) is 15.3. The van der Waals surface area contributed by atoms with Crippen LogP contribution in [-0.2, 0) is 11.2 Å². The lowest BCUT2D eigenvalue weighted by molar-refractivity contribution is -0.119. The van der Waals surface area contributed by atoms with Crippen molar-refractivity contribution < 1.29 is 9.53 Å². The summed E-state index contributed by atoms with van der Waals surface area (Å²) in [6.07, 6.45) is 3.34. The van der Waals surface area contributed by atoms with Gasteiger partial charge in [-0.25, -0.2) is 0 Å². The van der Waals surface area contributed by atoms with Crippen molar-refractivity contribution in [1.29, 1.82) is 0 Å². The number of primary amides is 1. The number of carbonyl (C=O) groups is 1. The number of hydrogen-bond acceptors (Lipinski definition) is 3. The van der Waals surface area contributed by atoms with Crippen LogP contribution < -0.4 is 15.8 Å². The summed E-state index contributed by atoms with van der Waals surface area (Å²) in [5.41, 5.74) is 6.26. The minimum atomic E-state index is -0.471. The van der Waals surface area contributed by atoms with Crippen molar-refractivity contribution in [3.8, 4) is 5.75 Å². The Bertz CT molecular complexity index is 563. The maximum absolute atomic E-state index is 10.7. The van der Waals surface area contributed by atoms with Crippen molar-refractivity contribution in [3.05, 3.63) is 29.8 Å². The maximum atomic E-state index is 10.7. The SMILES string of the molecule is CCNC(=NCCc1ccc(OCC(N)=O)cc1)N1CCC(C)CC1. The van der Waals surface area contributed by atoms with Gasteiger partial charge in [-0.05, 0) is 49.8 Å². The molecule has 0 radical (unpaired) electrons. The Kier molecular flexibility index (Phi) is 7.57. The van der Waals surface area contributed by atoms with E-state index in [1.54, 1.807) is 0 Å². The largest absolute Gasteiger partial charge is 0.484 e. The number of nitrogens with zero attached hydrogens (tertiary/aromatic N) is 2. The van der Waals surface area contributed by atoms with Crippen molar-refractivity contribution in [2.75, 3.05) is 32.8 Å². The Morgan fingerprint density at radius 2 is 2.00 bits per heavy atom. The molecule has 0 atom stereocenters. The van der Waals surface area contributed by atoms with Crippen LogP contribution in [0.3, 0.4) is 0 Å². The highest BCUT2D eigenvalue weighted by molar-refractivity contribution is 5.80. The summed E-state index contributed by atoms with van der Waals surface area (Å²) in [5, 5.41) is 3.40. The van der Waals surface area contributed by atoms with E-state index in [-0.39, 0.29) is 6.61 Å². The maximum Gasteiger partial charge on any atom is 0.255 e. The van der Waals surface area contributed by atoms with E-state index in [4.69, 9.17) is 15.5 Å². The van der Waals surface area contributed by atoms with E-state index in [9.17, 15) is 4.79 Å². The van der Waals surface area contributed by atoms with Crippen molar-refractivity contribution in [3.63, 3.8) is 0 Å². The molecular formula is C19H30N4O2. The van der Waals surface area contributed by atoms with Crippen molar-refractivity contribution in [1.82, 2.24) is 10.2 Å². The van der Waals surface area contributed by atoms with Gasteiger partial charge in [0.2, 0.25) is 0 Å². The number of piperidine rings is 1. The number of ether oxygens (including phenoxy) is 1. The summed E-state index contributed by atoms with van der Waals surface area (Å²) in [4.78, 5) is 17.9. The first-order chi connectivity index (χ1) is 12.1. The fraction of sp³-hybridized carbons (Fsp3) is 0.579. The summed E-state index contributed by atoms with van der Waals surface area (Å²) in [5.74, 6) is 2.02. The molecule has 3 N–H and O–H groups in total. The highest BCUT2D eigenvalue weighted by Gasteiger charge is 2.18. The third-order valence-corrected chi connectivity index (χ3v) is 4.38. The molecule has 0 aromatic heterocycles. The molecule has 1 fully saturated rings. The smallest absolute Gasteiger partial charge is 0.255 e. The second kappa shape index (κ2) is 9.91. The molecule has 0 bridgehead atoms. The number of likely N-dealkylation sites (tertiary alicyclic amines) is 1. The number of nitrogens with two attached hydrogens (primary N) is 1. The third-order valence-electron chi connectivity index (χ3n) is 4.38. The molecule has 1 heterocycles. The molecule has 1 aliphatic heterocycles. The Morgan fingerprint density at radius 1 is 1.32 bits per heavy atom. The van der Waals surface area contributed by atoms with Crippen LogP contribution in [0.2, 0.25) is 0 Å². The van der Waals surface area contributed by atoms with Gasteiger partial charge < -0.3 is 20.7 Å². The summed E-state index contributed by atoms with van der Waals surface area (Å²) < 4.78 is 5.27. The Morgan fingerprint density at radius 3 is 2.60 bits per heavy atom. The Labute approximate surface area is 150 Å². The minimum absolute atomic E-state index is 0.0931. The second-order valence-electron chi connectivity index (χ2n) is 6.55. The summed E-state index contributed by atoms with van der Waals surface area (Å²) in [6, 6.07) is 7.72. The lowest BCUT2D eigenvalue weighted by Gasteiger charge is -2.33. The molecule has 6 nitrogen and oxygen atoms in total. The predicted molar refractivity (Wildman–Crippen MR) is 101 cm³/mol. The first-order valence-corrected chi connectivity index (χ1v) is 9.11. The van der Waals surface area contributed by atoms with Crippen LogP contribution in [0.1, 0.15) is 32.3 Å². The van der Waals surface area contributed by atoms with Gasteiger partial charge in [0.15, 0.2) is 12.6 Å². The van der Waals surface area contributed by atoms with E-state index >= 15 is 0 Å². The van der Waals surface area contributed by atoms with Gasteiger partial charge in [0.05, 0.1) is 0 Å². The van der Waals surface area contributed by atoms with Gasteiger partial charge in [0.1, 0.15) is 5.75 Å². The van der Waals surface area contributed by atoms with Gasteiger partial charge in [-0.15, -0.1) is 0 Å². The fourth-order valence-corrected chi connectivity index (χ4v) is 2.84. The second-order valence-corrected chi connectivity index (χ2v) is 6.55. The number of rotatable bonds is 7. The minimum Gasteiger partial charge on any atom is -0.484 e. The molecule has 0 spiro atoms. The molecule has 0 aliphatic carbocycles. The zero-order chi connectivity index (χ0) is 18.1. The molecule has 1 amide bonds. The topological polar surface area (TPSA) is 80.0 Å². The van der Waals surface area contributed by atoms with E-state index in [0.717, 1.165) is 44.5 Å². The van der Waals surface area contributed by atoms with E-state index in [1.165, 1.54) is 18.4 Å². The van der Waals surface area contributed by atoms with Crippen LogP contribution >= 0.6 is 0 Å². The van der Waals surface area contributed by atoms with Crippen molar-refractivity contribution in [2.24, 2.45) is 16.6 Å². The molecular weight excluding hydrogens is 316 g/mol. The summed E-state index contributed by atoms with van der Waals surface area (Å²) in [6.45, 7) is 8.12. The van der Waals surface area contributed by atoms with Crippen molar-refractivity contribution in [2.45, 2.75) is 33.1 Å². The number of nitrogens with one attached hydrogen (secondary N) is 1. The van der Waals surface area contributed by atoms with E-state index in [2.05, 4.69) is 24.1 Å². The van der Waals surface area contributed by atoms with Gasteiger partial charge in [-0.1, -0.05) is 19.1 Å². The van der Waals surface area contributed by atoms with Crippen LogP contribution in [0.25, 0.3) is 0 Å². The molecule has 2 rings (SSSR count). The normalized spacial score (nSPS) is 15.9. The number of hydrogen-bond donors (Lipinski definition) is 2. The highest BCUT2D eigenvalue weighted by atomic mass is 16.5. The Balaban J connectivity index is 1.85. The van der Waals surface area contributed by atoms with Crippen molar-refractivity contribution >= 4 is 11.9 Å². The first-order valence-electron chi connectivity index (χ1n) is 9.11. The number of benzene rings is 1. The monoisotopic (exact) mass is 346 g/mol. The summed E-state index contributed by atoms with van der Waals surface area (Å²) in [7, 11) is 0. The molecule has 6 heteroatoms. The van der Waals surface area contributed by atoms with E-state index < -0.39 is 5.91 Å². The third kappa shape index (κ3) is 6.64.